The number of likely N-dealkylation sites (tertiary alicyclic amines) is 1. The quantitative estimate of drug-likeness (QED) is 0.556. The van der Waals surface area contributed by atoms with Crippen LogP contribution in [0.3, 0.4) is 0 Å². The van der Waals surface area contributed by atoms with Gasteiger partial charge in [0.05, 0.1) is 5.56 Å². The molecule has 1 aromatic rings. The van der Waals surface area contributed by atoms with Crippen LogP contribution < -0.4 is 0 Å². The minimum absolute atomic E-state index is 0.330. The van der Waals surface area contributed by atoms with Gasteiger partial charge in [0.15, 0.2) is 0 Å². The van der Waals surface area contributed by atoms with Gasteiger partial charge < -0.3 is 4.74 Å². The van der Waals surface area contributed by atoms with Gasteiger partial charge in [-0.25, -0.2) is 4.39 Å². The molecule has 0 saturated carbocycles. The summed E-state index contributed by atoms with van der Waals surface area (Å²) in [6.07, 6.45) is 0.634. The molecule has 1 saturated heterocycles. The first-order valence-corrected chi connectivity index (χ1v) is 8.00. The Bertz CT molecular complexity index is 504. The van der Waals surface area contributed by atoms with Crippen molar-refractivity contribution in [2.75, 3.05) is 20.3 Å². The van der Waals surface area contributed by atoms with Gasteiger partial charge in [0.25, 0.3) is 0 Å². The van der Waals surface area contributed by atoms with Crippen LogP contribution in [0.4, 0.5) is 17.6 Å². The molecule has 0 aliphatic carbocycles. The van der Waals surface area contributed by atoms with Crippen LogP contribution in [0.5, 0.6) is 0 Å². The maximum Gasteiger partial charge on any atom is 0.416 e. The van der Waals surface area contributed by atoms with Gasteiger partial charge in [0, 0.05) is 31.9 Å². The van der Waals surface area contributed by atoms with Crippen LogP contribution >= 0.6 is 0 Å². The molecular formula is C17H23F4NO. The van der Waals surface area contributed by atoms with Crippen LogP contribution in [0.1, 0.15) is 43.2 Å². The lowest BCUT2D eigenvalue weighted by Crippen LogP contribution is -2.39. The van der Waals surface area contributed by atoms with Gasteiger partial charge in [-0.1, -0.05) is 12.5 Å². The molecule has 0 bridgehead atoms. The van der Waals surface area contributed by atoms with Crippen LogP contribution in [-0.2, 0) is 17.5 Å². The SMILES string of the molecule is COCCCC1CCCCN1Cc1ccc(C(F)(F)F)cc1F. The molecule has 6 heteroatoms. The Kier molecular flexibility index (Phi) is 6.41. The van der Waals surface area contributed by atoms with Crippen molar-refractivity contribution in [2.45, 2.75) is 50.9 Å². The number of nitrogens with zero attached hydrogens (tertiary/aromatic N) is 1. The molecule has 130 valence electrons. The van der Waals surface area contributed by atoms with E-state index in [0.717, 1.165) is 44.7 Å². The van der Waals surface area contributed by atoms with Crippen LogP contribution in [-0.4, -0.2) is 31.2 Å². The van der Waals surface area contributed by atoms with Crippen molar-refractivity contribution in [2.24, 2.45) is 0 Å². The van der Waals surface area contributed by atoms with Crippen molar-refractivity contribution in [1.29, 1.82) is 0 Å². The Hall–Kier alpha value is -1.14. The van der Waals surface area contributed by atoms with E-state index in [0.29, 0.717) is 30.8 Å². The summed E-state index contributed by atoms with van der Waals surface area (Å²) in [5.74, 6) is -0.777. The van der Waals surface area contributed by atoms with Crippen molar-refractivity contribution >= 4 is 0 Å². The first kappa shape index (κ1) is 18.2. The normalized spacial score (nSPS) is 20.0. The van der Waals surface area contributed by atoms with E-state index in [4.69, 9.17) is 4.74 Å². The predicted molar refractivity (Wildman–Crippen MR) is 80.6 cm³/mol. The van der Waals surface area contributed by atoms with Gasteiger partial charge in [0.1, 0.15) is 5.82 Å². The van der Waals surface area contributed by atoms with Gasteiger partial charge in [-0.15, -0.1) is 0 Å². The molecule has 2 nitrogen and oxygen atoms in total. The number of ether oxygens (including phenoxy) is 1. The van der Waals surface area contributed by atoms with Crippen molar-refractivity contribution in [1.82, 2.24) is 4.90 Å². The summed E-state index contributed by atoms with van der Waals surface area (Å²) >= 11 is 0. The minimum atomic E-state index is -4.51. The number of hydrogen-bond acceptors (Lipinski definition) is 2. The fourth-order valence-corrected chi connectivity index (χ4v) is 3.13. The first-order valence-electron chi connectivity index (χ1n) is 8.00. The molecule has 1 heterocycles. The van der Waals surface area contributed by atoms with E-state index in [1.165, 1.54) is 6.07 Å². The number of halogens is 4. The zero-order chi connectivity index (χ0) is 16.9. The monoisotopic (exact) mass is 333 g/mol. The van der Waals surface area contributed by atoms with Crippen molar-refractivity contribution in [3.8, 4) is 0 Å². The molecule has 1 unspecified atom stereocenters. The number of piperidine rings is 1. The summed E-state index contributed by atoms with van der Waals surface area (Å²) in [7, 11) is 1.66. The van der Waals surface area contributed by atoms with E-state index in [1.807, 2.05) is 0 Å². The lowest BCUT2D eigenvalue weighted by Gasteiger charge is -2.36. The van der Waals surface area contributed by atoms with Crippen LogP contribution in [0.2, 0.25) is 0 Å². The summed E-state index contributed by atoms with van der Waals surface area (Å²) in [4.78, 5) is 2.19. The first-order chi connectivity index (χ1) is 10.9. The molecular weight excluding hydrogens is 310 g/mol. The maximum absolute atomic E-state index is 14.0. The molecule has 1 fully saturated rings. The molecule has 1 aromatic carbocycles. The molecule has 1 aliphatic rings. The fraction of sp³-hybridized carbons (Fsp3) is 0.647. The highest BCUT2D eigenvalue weighted by Gasteiger charge is 2.31. The third-order valence-corrected chi connectivity index (χ3v) is 4.39. The fourth-order valence-electron chi connectivity index (χ4n) is 3.13. The van der Waals surface area contributed by atoms with Crippen molar-refractivity contribution < 1.29 is 22.3 Å². The molecule has 0 radical (unpaired) electrons. The van der Waals surface area contributed by atoms with E-state index in [-0.39, 0.29) is 0 Å². The molecule has 1 atom stereocenters. The predicted octanol–water partition coefficient (Wildman–Crippen LogP) is 4.63. The van der Waals surface area contributed by atoms with Gasteiger partial charge >= 0.3 is 6.18 Å². The zero-order valence-electron chi connectivity index (χ0n) is 13.3. The van der Waals surface area contributed by atoms with E-state index in [1.54, 1.807) is 7.11 Å². The average molecular weight is 333 g/mol. The van der Waals surface area contributed by atoms with Gasteiger partial charge in [-0.3, -0.25) is 4.90 Å². The smallest absolute Gasteiger partial charge is 0.385 e. The summed E-state index contributed by atoms with van der Waals surface area (Å²) < 4.78 is 56.9. The Morgan fingerprint density at radius 2 is 2.04 bits per heavy atom. The highest BCUT2D eigenvalue weighted by atomic mass is 19.4. The van der Waals surface area contributed by atoms with Crippen LogP contribution in [0, 0.1) is 5.82 Å². The topological polar surface area (TPSA) is 12.5 Å². The van der Waals surface area contributed by atoms with Crippen LogP contribution in [0.25, 0.3) is 0 Å². The average Bonchev–Trinajstić information content (AvgIpc) is 2.50. The molecule has 0 N–H and O–H groups in total. The summed E-state index contributed by atoms with van der Waals surface area (Å²) in [6.45, 7) is 1.92. The summed E-state index contributed by atoms with van der Waals surface area (Å²) in [5, 5.41) is 0. The molecule has 0 amide bonds. The number of rotatable bonds is 6. The number of hydrogen-bond donors (Lipinski definition) is 0. The Morgan fingerprint density at radius 3 is 2.70 bits per heavy atom. The van der Waals surface area contributed by atoms with Crippen molar-refractivity contribution in [3.05, 3.63) is 35.1 Å². The van der Waals surface area contributed by atoms with E-state index in [2.05, 4.69) is 4.90 Å². The second-order valence-electron chi connectivity index (χ2n) is 6.06. The summed E-state index contributed by atoms with van der Waals surface area (Å²) in [5.41, 5.74) is -0.606. The lowest BCUT2D eigenvalue weighted by atomic mass is 9.97. The molecule has 0 aromatic heterocycles. The van der Waals surface area contributed by atoms with E-state index in [9.17, 15) is 17.6 Å². The largest absolute Gasteiger partial charge is 0.416 e. The highest BCUT2D eigenvalue weighted by Crippen LogP contribution is 2.31. The Labute approximate surface area is 134 Å². The molecule has 0 spiro atoms. The second kappa shape index (κ2) is 8.11. The Morgan fingerprint density at radius 1 is 1.26 bits per heavy atom. The Balaban J connectivity index is 2.04. The number of alkyl halides is 3. The van der Waals surface area contributed by atoms with Gasteiger partial charge in [-0.05, 0) is 44.4 Å². The molecule has 2 rings (SSSR count). The summed E-state index contributed by atoms with van der Waals surface area (Å²) in [6, 6.07) is 3.17. The van der Waals surface area contributed by atoms with Gasteiger partial charge in [-0.2, -0.15) is 13.2 Å². The minimum Gasteiger partial charge on any atom is -0.385 e. The standard InChI is InChI=1S/C17H23F4NO/c1-23-10-4-6-15-5-2-3-9-22(15)12-13-7-8-14(11-16(13)18)17(19,20)21/h7-8,11,15H,2-6,9-10,12H2,1H3. The lowest BCUT2D eigenvalue weighted by molar-refractivity contribution is -0.137. The number of methoxy groups -OCH3 is 1. The molecule has 1 aliphatic heterocycles. The molecule has 23 heavy (non-hydrogen) atoms. The van der Waals surface area contributed by atoms with E-state index < -0.39 is 17.6 Å². The number of benzene rings is 1. The third kappa shape index (κ3) is 5.18. The maximum atomic E-state index is 14.0. The van der Waals surface area contributed by atoms with Crippen molar-refractivity contribution in [3.63, 3.8) is 0 Å². The van der Waals surface area contributed by atoms with E-state index >= 15 is 0 Å². The second-order valence-corrected chi connectivity index (χ2v) is 6.06. The highest BCUT2D eigenvalue weighted by molar-refractivity contribution is 5.26. The third-order valence-electron chi connectivity index (χ3n) is 4.39. The van der Waals surface area contributed by atoms with Gasteiger partial charge in [0.2, 0.25) is 0 Å². The zero-order valence-corrected chi connectivity index (χ0v) is 13.3. The van der Waals surface area contributed by atoms with Crippen LogP contribution in [0.15, 0.2) is 18.2 Å².